The lowest BCUT2D eigenvalue weighted by molar-refractivity contribution is 0.582. The Hall–Kier alpha value is 0.270. The van der Waals surface area contributed by atoms with Gasteiger partial charge in [0, 0.05) is 11.8 Å². The predicted molar refractivity (Wildman–Crippen MR) is 33.1 cm³/mol. The first-order valence-corrected chi connectivity index (χ1v) is 3.63. The molecule has 0 saturated carbocycles. The van der Waals surface area contributed by atoms with Crippen LogP contribution in [0.1, 0.15) is 6.42 Å². The fourth-order valence-electron chi connectivity index (χ4n) is 0.666. The fourth-order valence-corrected chi connectivity index (χ4v) is 1.83. The summed E-state index contributed by atoms with van der Waals surface area (Å²) in [5.74, 6) is 7.63. The van der Waals surface area contributed by atoms with Gasteiger partial charge >= 0.3 is 0 Å². The number of rotatable bonds is 1. The molecule has 42 valence electrons. The van der Waals surface area contributed by atoms with Crippen molar-refractivity contribution < 1.29 is 0 Å². The minimum Gasteiger partial charge on any atom is -0.271 e. The van der Waals surface area contributed by atoms with Crippen molar-refractivity contribution >= 4 is 11.8 Å². The molecule has 0 bridgehead atoms. The second-order valence-corrected chi connectivity index (χ2v) is 2.88. The monoisotopic (exact) mass is 118 g/mol. The van der Waals surface area contributed by atoms with Gasteiger partial charge in [-0.3, -0.25) is 11.3 Å². The molecule has 0 spiro atoms. The lowest BCUT2D eigenvalue weighted by Gasteiger charge is -2.01. The first kappa shape index (κ1) is 5.41. The van der Waals surface area contributed by atoms with Gasteiger partial charge in [-0.05, 0) is 12.2 Å². The molecule has 0 aromatic rings. The molecule has 0 radical (unpaired) electrons. The zero-order valence-corrected chi connectivity index (χ0v) is 5.00. The molecule has 1 fully saturated rings. The van der Waals surface area contributed by atoms with E-state index in [0.29, 0.717) is 6.04 Å². The van der Waals surface area contributed by atoms with Crippen LogP contribution in [0.5, 0.6) is 0 Å². The van der Waals surface area contributed by atoms with Crippen molar-refractivity contribution in [3.8, 4) is 0 Å². The van der Waals surface area contributed by atoms with Gasteiger partial charge in [-0.25, -0.2) is 0 Å². The summed E-state index contributed by atoms with van der Waals surface area (Å²) in [6.45, 7) is 0. The summed E-state index contributed by atoms with van der Waals surface area (Å²) in [5.41, 5.74) is 2.74. The molecule has 1 aliphatic rings. The number of nitrogens with two attached hydrogens (primary N) is 1. The molecule has 1 saturated heterocycles. The maximum Gasteiger partial charge on any atom is 0.0308 e. The molecule has 0 aromatic carbocycles. The predicted octanol–water partition coefficient (Wildman–Crippen LogP) is -0.0448. The second-order valence-electron chi connectivity index (χ2n) is 1.73. The third-order valence-electron chi connectivity index (χ3n) is 1.17. The summed E-state index contributed by atoms with van der Waals surface area (Å²) in [6, 6.07) is 0.588. The largest absolute Gasteiger partial charge is 0.271 e. The average Bonchev–Trinajstić information content (AvgIpc) is 2.14. The van der Waals surface area contributed by atoms with Crippen LogP contribution in [0.25, 0.3) is 0 Å². The van der Waals surface area contributed by atoms with E-state index in [4.69, 9.17) is 5.84 Å². The number of thioether (sulfide) groups is 1. The number of hydrogen-bond acceptors (Lipinski definition) is 3. The van der Waals surface area contributed by atoms with Crippen LogP contribution in [0.15, 0.2) is 0 Å². The van der Waals surface area contributed by atoms with Crippen LogP contribution in [0.4, 0.5) is 0 Å². The lowest BCUT2D eigenvalue weighted by atomic mass is 10.3. The molecule has 0 amide bonds. The summed E-state index contributed by atoms with van der Waals surface area (Å²) in [5, 5.41) is 0. The molecule has 1 heterocycles. The molecular formula is C4H10N2S. The summed E-state index contributed by atoms with van der Waals surface area (Å²) >= 11 is 1.96. The van der Waals surface area contributed by atoms with Crippen LogP contribution in [0, 0.1) is 0 Å². The Morgan fingerprint density at radius 2 is 2.57 bits per heavy atom. The summed E-state index contributed by atoms with van der Waals surface area (Å²) in [6.07, 6.45) is 1.24. The Balaban J connectivity index is 2.14. The highest BCUT2D eigenvalue weighted by atomic mass is 32.2. The van der Waals surface area contributed by atoms with E-state index < -0.39 is 0 Å². The van der Waals surface area contributed by atoms with Gasteiger partial charge in [0.15, 0.2) is 0 Å². The van der Waals surface area contributed by atoms with Crippen molar-refractivity contribution in [2.45, 2.75) is 12.5 Å². The normalized spacial score (nSPS) is 31.3. The standard InChI is InChI=1S/C4H10N2S/c5-6-4-1-2-7-3-4/h4,6H,1-3,5H2/t4-/m1/s1. The Labute approximate surface area is 47.8 Å². The van der Waals surface area contributed by atoms with Gasteiger partial charge in [0.1, 0.15) is 0 Å². The number of nitrogens with one attached hydrogen (secondary N) is 1. The van der Waals surface area contributed by atoms with Crippen LogP contribution in [-0.4, -0.2) is 17.5 Å². The SMILES string of the molecule is NN[C@@H]1CCSC1. The third-order valence-corrected chi connectivity index (χ3v) is 2.33. The average molecular weight is 118 g/mol. The highest BCUT2D eigenvalue weighted by molar-refractivity contribution is 7.99. The smallest absolute Gasteiger partial charge is 0.0308 e. The number of hydrazine groups is 1. The van der Waals surface area contributed by atoms with Crippen molar-refractivity contribution in [2.75, 3.05) is 11.5 Å². The van der Waals surface area contributed by atoms with Crippen LogP contribution in [-0.2, 0) is 0 Å². The topological polar surface area (TPSA) is 38.0 Å². The molecular weight excluding hydrogens is 108 g/mol. The molecule has 0 unspecified atom stereocenters. The van der Waals surface area contributed by atoms with Crippen molar-refractivity contribution in [3.05, 3.63) is 0 Å². The summed E-state index contributed by atoms with van der Waals surface area (Å²) in [7, 11) is 0. The van der Waals surface area contributed by atoms with Crippen LogP contribution < -0.4 is 11.3 Å². The van der Waals surface area contributed by atoms with Gasteiger partial charge in [-0.2, -0.15) is 11.8 Å². The van der Waals surface area contributed by atoms with Gasteiger partial charge in [0.25, 0.3) is 0 Å². The molecule has 0 aliphatic carbocycles. The van der Waals surface area contributed by atoms with E-state index in [-0.39, 0.29) is 0 Å². The van der Waals surface area contributed by atoms with Gasteiger partial charge < -0.3 is 0 Å². The molecule has 7 heavy (non-hydrogen) atoms. The van der Waals surface area contributed by atoms with Crippen LogP contribution in [0.3, 0.4) is 0 Å². The fraction of sp³-hybridized carbons (Fsp3) is 1.00. The molecule has 1 aliphatic heterocycles. The van der Waals surface area contributed by atoms with E-state index in [1.54, 1.807) is 0 Å². The zero-order chi connectivity index (χ0) is 5.11. The zero-order valence-electron chi connectivity index (χ0n) is 4.18. The minimum atomic E-state index is 0.588. The Morgan fingerprint density at radius 3 is 2.86 bits per heavy atom. The quantitative estimate of drug-likeness (QED) is 0.374. The molecule has 2 nitrogen and oxygen atoms in total. The third kappa shape index (κ3) is 1.33. The first-order valence-electron chi connectivity index (χ1n) is 2.47. The van der Waals surface area contributed by atoms with Gasteiger partial charge in [-0.15, -0.1) is 0 Å². The Bertz CT molecular complexity index is 51.7. The van der Waals surface area contributed by atoms with Crippen LogP contribution in [0.2, 0.25) is 0 Å². The highest BCUT2D eigenvalue weighted by Crippen LogP contribution is 2.15. The van der Waals surface area contributed by atoms with Crippen molar-refractivity contribution in [1.29, 1.82) is 0 Å². The number of hydrogen-bond donors (Lipinski definition) is 2. The second kappa shape index (κ2) is 2.55. The van der Waals surface area contributed by atoms with E-state index in [1.807, 2.05) is 11.8 Å². The van der Waals surface area contributed by atoms with E-state index >= 15 is 0 Å². The summed E-state index contributed by atoms with van der Waals surface area (Å²) in [4.78, 5) is 0. The Morgan fingerprint density at radius 1 is 1.71 bits per heavy atom. The lowest BCUT2D eigenvalue weighted by Crippen LogP contribution is -2.34. The van der Waals surface area contributed by atoms with Crippen LogP contribution >= 0.6 is 11.8 Å². The maximum atomic E-state index is 5.17. The highest BCUT2D eigenvalue weighted by Gasteiger charge is 2.11. The van der Waals surface area contributed by atoms with E-state index in [1.165, 1.54) is 17.9 Å². The summed E-state index contributed by atoms with van der Waals surface area (Å²) < 4.78 is 0. The van der Waals surface area contributed by atoms with Gasteiger partial charge in [-0.1, -0.05) is 0 Å². The molecule has 3 N–H and O–H groups in total. The molecule has 1 atom stereocenters. The minimum absolute atomic E-state index is 0.588. The van der Waals surface area contributed by atoms with E-state index in [2.05, 4.69) is 5.43 Å². The van der Waals surface area contributed by atoms with Gasteiger partial charge in [0.05, 0.1) is 0 Å². The molecule has 1 rings (SSSR count). The van der Waals surface area contributed by atoms with Crippen molar-refractivity contribution in [1.82, 2.24) is 5.43 Å². The maximum absolute atomic E-state index is 5.17. The van der Waals surface area contributed by atoms with E-state index in [9.17, 15) is 0 Å². The van der Waals surface area contributed by atoms with Crippen molar-refractivity contribution in [2.24, 2.45) is 5.84 Å². The molecule has 0 aromatic heterocycles. The van der Waals surface area contributed by atoms with Gasteiger partial charge in [0.2, 0.25) is 0 Å². The van der Waals surface area contributed by atoms with E-state index in [0.717, 1.165) is 0 Å². The molecule has 3 heteroatoms. The Kier molecular flexibility index (Phi) is 1.97. The first-order chi connectivity index (χ1) is 3.43. The van der Waals surface area contributed by atoms with Crippen molar-refractivity contribution in [3.63, 3.8) is 0 Å².